The molecule has 0 unspecified atom stereocenters. The molecule has 8 heteroatoms. The Hall–Kier alpha value is -3.68. The number of benzene rings is 2. The Bertz CT molecular complexity index is 1300. The third-order valence-corrected chi connectivity index (χ3v) is 8.71. The molecule has 0 saturated heterocycles. The number of aryl methyl sites for hydroxylation is 2. The summed E-state index contributed by atoms with van der Waals surface area (Å²) < 4.78 is 11.0. The lowest BCUT2D eigenvalue weighted by atomic mass is 9.73. The molecule has 238 valence electrons. The van der Waals surface area contributed by atoms with Crippen LogP contribution in [0.1, 0.15) is 90.2 Å². The van der Waals surface area contributed by atoms with E-state index in [0.717, 1.165) is 37.7 Å². The lowest BCUT2D eigenvalue weighted by Crippen LogP contribution is -2.50. The van der Waals surface area contributed by atoms with Crippen molar-refractivity contribution in [3.63, 3.8) is 0 Å². The summed E-state index contributed by atoms with van der Waals surface area (Å²) in [4.78, 5) is 54.9. The van der Waals surface area contributed by atoms with Gasteiger partial charge in [-0.05, 0) is 95.2 Å². The molecule has 2 aliphatic rings. The number of rotatable bonds is 12. The summed E-state index contributed by atoms with van der Waals surface area (Å²) in [5, 5.41) is 3.03. The van der Waals surface area contributed by atoms with Gasteiger partial charge in [0.1, 0.15) is 18.2 Å². The van der Waals surface area contributed by atoms with E-state index in [0.29, 0.717) is 38.0 Å². The highest BCUT2D eigenvalue weighted by Crippen LogP contribution is 2.47. The Labute approximate surface area is 261 Å². The minimum absolute atomic E-state index is 0.195. The predicted molar refractivity (Wildman–Crippen MR) is 170 cm³/mol. The van der Waals surface area contributed by atoms with Crippen LogP contribution < -0.4 is 10.2 Å². The molecular formula is C36H48N2O6. The number of hydrogen-bond acceptors (Lipinski definition) is 6. The third kappa shape index (κ3) is 9.16. The van der Waals surface area contributed by atoms with E-state index in [1.54, 1.807) is 20.8 Å². The van der Waals surface area contributed by atoms with Gasteiger partial charge in [-0.2, -0.15) is 0 Å². The van der Waals surface area contributed by atoms with Crippen LogP contribution in [0.2, 0.25) is 0 Å². The van der Waals surface area contributed by atoms with Gasteiger partial charge in [-0.25, -0.2) is 0 Å². The van der Waals surface area contributed by atoms with Crippen LogP contribution in [0.25, 0.3) is 0 Å². The fourth-order valence-corrected chi connectivity index (χ4v) is 6.75. The van der Waals surface area contributed by atoms with Crippen molar-refractivity contribution in [2.75, 3.05) is 18.1 Å². The van der Waals surface area contributed by atoms with Crippen molar-refractivity contribution >= 4 is 29.4 Å². The van der Waals surface area contributed by atoms with Gasteiger partial charge in [0.05, 0.1) is 12.5 Å². The quantitative estimate of drug-likeness (QED) is 0.301. The smallest absolute Gasteiger partial charge is 0.326 e. The first kappa shape index (κ1) is 33.2. The molecular weight excluding hydrogens is 556 g/mol. The van der Waals surface area contributed by atoms with E-state index in [9.17, 15) is 19.2 Å². The first-order valence-corrected chi connectivity index (χ1v) is 16.1. The molecule has 0 radical (unpaired) electrons. The van der Waals surface area contributed by atoms with E-state index in [2.05, 4.69) is 17.4 Å². The Kier molecular flexibility index (Phi) is 11.2. The maximum Gasteiger partial charge on any atom is 0.326 e. The van der Waals surface area contributed by atoms with E-state index in [4.69, 9.17) is 9.47 Å². The second-order valence-corrected chi connectivity index (χ2v) is 13.4. The number of para-hydroxylation sites is 1. The molecule has 4 rings (SSSR count). The van der Waals surface area contributed by atoms with Gasteiger partial charge in [0.25, 0.3) is 0 Å². The largest absolute Gasteiger partial charge is 0.466 e. The van der Waals surface area contributed by atoms with Crippen molar-refractivity contribution in [3.05, 3.63) is 65.7 Å². The van der Waals surface area contributed by atoms with Crippen LogP contribution in [-0.4, -0.2) is 48.5 Å². The van der Waals surface area contributed by atoms with Crippen LogP contribution in [0.4, 0.5) is 5.69 Å². The monoisotopic (exact) mass is 604 g/mol. The van der Waals surface area contributed by atoms with Crippen molar-refractivity contribution in [2.45, 2.75) is 104 Å². The molecule has 1 saturated carbocycles. The van der Waals surface area contributed by atoms with E-state index in [1.807, 2.05) is 49.4 Å². The lowest BCUT2D eigenvalue weighted by molar-refractivity contribution is -0.153. The van der Waals surface area contributed by atoms with Crippen molar-refractivity contribution in [1.29, 1.82) is 0 Å². The van der Waals surface area contributed by atoms with Crippen molar-refractivity contribution in [2.24, 2.45) is 11.3 Å². The number of esters is 2. The standard InChI is InChI=1S/C36H48N2O6/c1-5-43-34(42)28(18-17-26-13-7-6-8-14-26)23-36(21-11-12-22-36)24-31(39)37-29-20-19-27-15-9-10-16-30(27)38(33(29)41)25-32(40)44-35(2,3)4/h6-10,13-16,28-29H,5,11-12,17-25H2,1-4H3,(H,37,39)/t28-,29+/m0/s1. The van der Waals surface area contributed by atoms with Crippen LogP contribution in [0, 0.1) is 11.3 Å². The molecule has 1 heterocycles. The number of carbonyl (C=O) groups excluding carboxylic acids is 4. The van der Waals surface area contributed by atoms with Crippen molar-refractivity contribution < 1.29 is 28.7 Å². The van der Waals surface area contributed by atoms with Crippen molar-refractivity contribution in [1.82, 2.24) is 5.32 Å². The summed E-state index contributed by atoms with van der Waals surface area (Å²) in [5.74, 6) is -1.52. The predicted octanol–water partition coefficient (Wildman–Crippen LogP) is 5.95. The topological polar surface area (TPSA) is 102 Å². The van der Waals surface area contributed by atoms with Gasteiger partial charge >= 0.3 is 11.9 Å². The number of anilines is 1. The maximum atomic E-state index is 13.9. The molecule has 44 heavy (non-hydrogen) atoms. The summed E-state index contributed by atoms with van der Waals surface area (Å²) >= 11 is 0. The van der Waals surface area contributed by atoms with Gasteiger partial charge in [-0.15, -0.1) is 0 Å². The number of nitrogens with zero attached hydrogens (tertiary/aromatic N) is 1. The zero-order valence-electron chi connectivity index (χ0n) is 26.7. The minimum Gasteiger partial charge on any atom is -0.466 e. The molecule has 2 atom stereocenters. The van der Waals surface area contributed by atoms with Gasteiger partial charge < -0.3 is 14.8 Å². The molecule has 1 fully saturated rings. The molecule has 0 spiro atoms. The zero-order chi connectivity index (χ0) is 31.7. The SMILES string of the molecule is CCOC(=O)[C@@H](CCc1ccccc1)CC1(CC(=O)N[C@@H]2CCc3ccccc3N(CC(=O)OC(C)(C)C)C2=O)CCCC1. The zero-order valence-corrected chi connectivity index (χ0v) is 26.7. The summed E-state index contributed by atoms with van der Waals surface area (Å²) in [6.07, 6.45) is 6.99. The van der Waals surface area contributed by atoms with E-state index in [-0.39, 0.29) is 42.1 Å². The lowest BCUT2D eigenvalue weighted by Gasteiger charge is -2.33. The van der Waals surface area contributed by atoms with Crippen LogP contribution in [-0.2, 0) is 41.5 Å². The number of amides is 2. The molecule has 1 aliphatic heterocycles. The van der Waals surface area contributed by atoms with Crippen LogP contribution in [0.5, 0.6) is 0 Å². The molecule has 1 aliphatic carbocycles. The second kappa shape index (κ2) is 14.9. The summed E-state index contributed by atoms with van der Waals surface area (Å²) in [7, 11) is 0. The van der Waals surface area contributed by atoms with Crippen LogP contribution in [0.15, 0.2) is 54.6 Å². The highest BCUT2D eigenvalue weighted by atomic mass is 16.6. The van der Waals surface area contributed by atoms with Crippen LogP contribution in [0.3, 0.4) is 0 Å². The fourth-order valence-electron chi connectivity index (χ4n) is 6.75. The van der Waals surface area contributed by atoms with Gasteiger partial charge in [0.2, 0.25) is 11.8 Å². The summed E-state index contributed by atoms with van der Waals surface area (Å²) in [6, 6.07) is 16.9. The first-order chi connectivity index (χ1) is 21.0. The maximum absolute atomic E-state index is 13.9. The molecule has 2 aromatic rings. The molecule has 0 bridgehead atoms. The number of ether oxygens (including phenoxy) is 2. The number of nitrogens with one attached hydrogen (secondary N) is 1. The third-order valence-electron chi connectivity index (χ3n) is 8.71. The Morgan fingerprint density at radius 2 is 1.70 bits per heavy atom. The average molecular weight is 605 g/mol. The van der Waals surface area contributed by atoms with E-state index < -0.39 is 17.6 Å². The number of fused-ring (bicyclic) bond motifs is 1. The molecule has 8 nitrogen and oxygen atoms in total. The molecule has 1 N–H and O–H groups in total. The number of carbonyl (C=O) groups is 4. The van der Waals surface area contributed by atoms with Gasteiger partial charge in [-0.1, -0.05) is 61.4 Å². The summed E-state index contributed by atoms with van der Waals surface area (Å²) in [5.41, 5.74) is 1.78. The van der Waals surface area contributed by atoms with E-state index in [1.165, 1.54) is 10.5 Å². The highest BCUT2D eigenvalue weighted by Gasteiger charge is 2.41. The number of hydrogen-bond donors (Lipinski definition) is 1. The van der Waals surface area contributed by atoms with Crippen LogP contribution >= 0.6 is 0 Å². The Morgan fingerprint density at radius 3 is 2.39 bits per heavy atom. The Balaban J connectivity index is 1.47. The Morgan fingerprint density at radius 1 is 1.02 bits per heavy atom. The summed E-state index contributed by atoms with van der Waals surface area (Å²) in [6.45, 7) is 7.28. The van der Waals surface area contributed by atoms with Gasteiger partial charge in [-0.3, -0.25) is 24.1 Å². The van der Waals surface area contributed by atoms with Crippen molar-refractivity contribution in [3.8, 4) is 0 Å². The molecule has 2 aromatic carbocycles. The molecule has 2 amide bonds. The normalized spacial score (nSPS) is 18.6. The fraction of sp³-hybridized carbons (Fsp3) is 0.556. The second-order valence-electron chi connectivity index (χ2n) is 13.4. The highest BCUT2D eigenvalue weighted by molar-refractivity contribution is 6.03. The average Bonchev–Trinajstić information content (AvgIpc) is 3.38. The van der Waals surface area contributed by atoms with E-state index >= 15 is 0 Å². The molecule has 0 aromatic heterocycles. The minimum atomic E-state index is -0.769. The van der Waals surface area contributed by atoms with Gasteiger partial charge in [0, 0.05) is 12.1 Å². The van der Waals surface area contributed by atoms with Gasteiger partial charge in [0.15, 0.2) is 0 Å². The first-order valence-electron chi connectivity index (χ1n) is 16.1.